The topological polar surface area (TPSA) is 48.4 Å². The van der Waals surface area contributed by atoms with Gasteiger partial charge in [0.05, 0.1) is 6.04 Å². The number of fused-ring (bicyclic) bond motifs is 1. The Morgan fingerprint density at radius 2 is 1.92 bits per heavy atom. The Hall–Kier alpha value is -2.37. The molecule has 0 bridgehead atoms. The second kappa shape index (κ2) is 6.26. The number of anilines is 3. The van der Waals surface area contributed by atoms with E-state index < -0.39 is 0 Å². The molecule has 0 aliphatic carbocycles. The molecule has 2 saturated heterocycles. The minimum Gasteiger partial charge on any atom is -0.363 e. The summed E-state index contributed by atoms with van der Waals surface area (Å²) in [5.74, 6) is 3.64. The van der Waals surface area contributed by atoms with E-state index in [1.165, 1.54) is 12.8 Å². The van der Waals surface area contributed by atoms with Gasteiger partial charge < -0.3 is 14.7 Å². The fraction of sp³-hybridized carbons (Fsp3) is 0.500. The number of piperidine rings is 1. The van der Waals surface area contributed by atoms with Crippen LogP contribution in [0.25, 0.3) is 0 Å². The van der Waals surface area contributed by atoms with E-state index in [-0.39, 0.29) is 0 Å². The standard InChI is InChI=1S/C18H24N6/c1-22(2)17-6-10-20-18(21-17)23-11-7-14-8-12-24(15(14)13-23)16-5-3-4-9-19-16/h3-6,9-10,14-15H,7-8,11-13H2,1-2H3. The van der Waals surface area contributed by atoms with Crippen molar-refractivity contribution in [3.8, 4) is 0 Å². The van der Waals surface area contributed by atoms with E-state index in [1.54, 1.807) is 0 Å². The highest BCUT2D eigenvalue weighted by Gasteiger charge is 2.39. The highest BCUT2D eigenvalue weighted by Crippen LogP contribution is 2.35. The first-order chi connectivity index (χ1) is 11.7. The van der Waals surface area contributed by atoms with Gasteiger partial charge in [-0.05, 0) is 37.0 Å². The molecule has 24 heavy (non-hydrogen) atoms. The summed E-state index contributed by atoms with van der Waals surface area (Å²) in [5, 5.41) is 0. The molecule has 0 N–H and O–H groups in total. The Bertz CT molecular complexity index is 689. The molecule has 4 heterocycles. The average Bonchev–Trinajstić information content (AvgIpc) is 3.05. The van der Waals surface area contributed by atoms with E-state index in [9.17, 15) is 0 Å². The zero-order valence-corrected chi connectivity index (χ0v) is 14.3. The molecule has 6 heteroatoms. The van der Waals surface area contributed by atoms with Crippen molar-refractivity contribution >= 4 is 17.6 Å². The van der Waals surface area contributed by atoms with Gasteiger partial charge in [-0.1, -0.05) is 6.07 Å². The molecule has 0 radical (unpaired) electrons. The summed E-state index contributed by atoms with van der Waals surface area (Å²) in [6.07, 6.45) is 6.19. The highest BCUT2D eigenvalue weighted by molar-refractivity contribution is 5.46. The van der Waals surface area contributed by atoms with E-state index in [1.807, 2.05) is 43.5 Å². The Kier molecular flexibility index (Phi) is 3.96. The van der Waals surface area contributed by atoms with E-state index in [0.717, 1.165) is 43.1 Å². The fourth-order valence-corrected chi connectivity index (χ4v) is 3.87. The molecule has 2 aliphatic heterocycles. The van der Waals surface area contributed by atoms with Gasteiger partial charge in [-0.15, -0.1) is 0 Å². The predicted octanol–water partition coefficient (Wildman–Crippen LogP) is 2.04. The number of hydrogen-bond acceptors (Lipinski definition) is 6. The third kappa shape index (κ3) is 2.77. The van der Waals surface area contributed by atoms with Crippen LogP contribution in [0.1, 0.15) is 12.8 Å². The molecule has 2 aromatic heterocycles. The lowest BCUT2D eigenvalue weighted by Crippen LogP contribution is -2.49. The summed E-state index contributed by atoms with van der Waals surface area (Å²) >= 11 is 0. The summed E-state index contributed by atoms with van der Waals surface area (Å²) < 4.78 is 0. The van der Waals surface area contributed by atoms with Crippen LogP contribution in [-0.4, -0.2) is 54.7 Å². The van der Waals surface area contributed by atoms with Gasteiger partial charge in [0, 0.05) is 46.1 Å². The SMILES string of the molecule is CN(C)c1ccnc(N2CCC3CCN(c4ccccn4)C3C2)n1. The van der Waals surface area contributed by atoms with E-state index in [0.29, 0.717) is 6.04 Å². The van der Waals surface area contributed by atoms with Crippen LogP contribution in [0.2, 0.25) is 0 Å². The van der Waals surface area contributed by atoms with Crippen LogP contribution >= 0.6 is 0 Å². The highest BCUT2D eigenvalue weighted by atomic mass is 15.3. The molecule has 2 aromatic rings. The Labute approximate surface area is 143 Å². The maximum Gasteiger partial charge on any atom is 0.227 e. The summed E-state index contributed by atoms with van der Waals surface area (Å²) in [7, 11) is 4.02. The van der Waals surface area contributed by atoms with Crippen molar-refractivity contribution in [1.82, 2.24) is 15.0 Å². The van der Waals surface area contributed by atoms with Gasteiger partial charge in [-0.25, -0.2) is 9.97 Å². The van der Waals surface area contributed by atoms with Crippen LogP contribution in [0.3, 0.4) is 0 Å². The minimum absolute atomic E-state index is 0.500. The van der Waals surface area contributed by atoms with Crippen LogP contribution < -0.4 is 14.7 Å². The number of aromatic nitrogens is 3. The van der Waals surface area contributed by atoms with Gasteiger partial charge in [0.2, 0.25) is 5.95 Å². The molecular weight excluding hydrogens is 300 g/mol. The predicted molar refractivity (Wildman–Crippen MR) is 96.7 cm³/mol. The van der Waals surface area contributed by atoms with Crippen LogP contribution in [0.5, 0.6) is 0 Å². The molecular formula is C18H24N6. The van der Waals surface area contributed by atoms with Gasteiger partial charge in [0.1, 0.15) is 11.6 Å². The van der Waals surface area contributed by atoms with Crippen molar-refractivity contribution in [2.75, 3.05) is 48.4 Å². The molecule has 0 amide bonds. The Morgan fingerprint density at radius 1 is 1.04 bits per heavy atom. The summed E-state index contributed by atoms with van der Waals surface area (Å²) in [6.45, 7) is 3.10. The lowest BCUT2D eigenvalue weighted by Gasteiger charge is -2.39. The minimum atomic E-state index is 0.500. The molecule has 2 aliphatic rings. The Morgan fingerprint density at radius 3 is 2.71 bits per heavy atom. The van der Waals surface area contributed by atoms with Crippen LogP contribution in [0, 0.1) is 5.92 Å². The maximum absolute atomic E-state index is 4.71. The molecule has 4 rings (SSSR count). The zero-order chi connectivity index (χ0) is 16.5. The lowest BCUT2D eigenvalue weighted by atomic mass is 9.92. The monoisotopic (exact) mass is 324 g/mol. The van der Waals surface area contributed by atoms with Crippen molar-refractivity contribution in [3.05, 3.63) is 36.7 Å². The normalized spacial score (nSPS) is 23.2. The third-order valence-corrected chi connectivity index (χ3v) is 5.18. The van der Waals surface area contributed by atoms with Gasteiger partial charge in [0.25, 0.3) is 0 Å². The molecule has 2 unspecified atom stereocenters. The molecule has 0 saturated carbocycles. The smallest absolute Gasteiger partial charge is 0.227 e. The molecule has 6 nitrogen and oxygen atoms in total. The molecule has 0 aromatic carbocycles. The molecule has 2 atom stereocenters. The van der Waals surface area contributed by atoms with Crippen molar-refractivity contribution in [2.24, 2.45) is 5.92 Å². The number of hydrogen-bond donors (Lipinski definition) is 0. The molecule has 126 valence electrons. The van der Waals surface area contributed by atoms with Crippen LogP contribution in [0.15, 0.2) is 36.7 Å². The third-order valence-electron chi connectivity index (χ3n) is 5.18. The van der Waals surface area contributed by atoms with Crippen molar-refractivity contribution < 1.29 is 0 Å². The number of nitrogens with zero attached hydrogens (tertiary/aromatic N) is 6. The first kappa shape index (κ1) is 15.2. The fourth-order valence-electron chi connectivity index (χ4n) is 3.87. The van der Waals surface area contributed by atoms with E-state index >= 15 is 0 Å². The summed E-state index contributed by atoms with van der Waals surface area (Å²) in [4.78, 5) is 20.6. The first-order valence-electron chi connectivity index (χ1n) is 8.65. The van der Waals surface area contributed by atoms with Gasteiger partial charge in [-0.2, -0.15) is 4.98 Å². The van der Waals surface area contributed by atoms with E-state index in [4.69, 9.17) is 4.98 Å². The largest absolute Gasteiger partial charge is 0.363 e. The maximum atomic E-state index is 4.71. The first-order valence-corrected chi connectivity index (χ1v) is 8.65. The van der Waals surface area contributed by atoms with Crippen molar-refractivity contribution in [2.45, 2.75) is 18.9 Å². The second-order valence-electron chi connectivity index (χ2n) is 6.84. The number of rotatable bonds is 3. The number of pyridine rings is 1. The Balaban J connectivity index is 1.55. The zero-order valence-electron chi connectivity index (χ0n) is 14.3. The van der Waals surface area contributed by atoms with E-state index in [2.05, 4.69) is 31.9 Å². The quantitative estimate of drug-likeness (QED) is 0.861. The summed E-state index contributed by atoms with van der Waals surface area (Å²) in [6, 6.07) is 8.61. The van der Waals surface area contributed by atoms with Gasteiger partial charge >= 0.3 is 0 Å². The average molecular weight is 324 g/mol. The van der Waals surface area contributed by atoms with Crippen LogP contribution in [-0.2, 0) is 0 Å². The van der Waals surface area contributed by atoms with Crippen molar-refractivity contribution in [1.29, 1.82) is 0 Å². The molecule has 2 fully saturated rings. The molecule has 0 spiro atoms. The lowest BCUT2D eigenvalue weighted by molar-refractivity contribution is 0.387. The van der Waals surface area contributed by atoms with Crippen molar-refractivity contribution in [3.63, 3.8) is 0 Å². The van der Waals surface area contributed by atoms with Gasteiger partial charge in [0.15, 0.2) is 0 Å². The second-order valence-corrected chi connectivity index (χ2v) is 6.84. The van der Waals surface area contributed by atoms with Gasteiger partial charge in [-0.3, -0.25) is 0 Å². The van der Waals surface area contributed by atoms with Crippen LogP contribution in [0.4, 0.5) is 17.6 Å². The summed E-state index contributed by atoms with van der Waals surface area (Å²) in [5.41, 5.74) is 0.